The average molecular weight is 228 g/mol. The van der Waals surface area contributed by atoms with E-state index in [9.17, 15) is 0 Å². The lowest BCUT2D eigenvalue weighted by Crippen LogP contribution is -2.26. The van der Waals surface area contributed by atoms with E-state index in [0.717, 1.165) is 29.1 Å². The van der Waals surface area contributed by atoms with Gasteiger partial charge < -0.3 is 4.90 Å². The second-order valence-electron chi connectivity index (χ2n) is 2.99. The van der Waals surface area contributed by atoms with E-state index in [4.69, 9.17) is 0 Å². The van der Waals surface area contributed by atoms with Crippen LogP contribution in [0.2, 0.25) is 0 Å². The standard InChI is InChI=1S/C8H10BrN3/c1-12-4-2-3-6-8(12)11-7(9)5-10-6/h5H,2-4H2,1H3. The van der Waals surface area contributed by atoms with E-state index in [1.807, 2.05) is 0 Å². The number of hydrogen-bond acceptors (Lipinski definition) is 3. The van der Waals surface area contributed by atoms with Crippen LogP contribution < -0.4 is 4.90 Å². The van der Waals surface area contributed by atoms with E-state index in [1.54, 1.807) is 6.20 Å². The highest BCUT2D eigenvalue weighted by Gasteiger charge is 2.15. The van der Waals surface area contributed by atoms with Gasteiger partial charge in [0.05, 0.1) is 11.9 Å². The topological polar surface area (TPSA) is 29.0 Å². The quantitative estimate of drug-likeness (QED) is 0.675. The van der Waals surface area contributed by atoms with Gasteiger partial charge in [-0.05, 0) is 28.8 Å². The van der Waals surface area contributed by atoms with Gasteiger partial charge in [0.15, 0.2) is 5.82 Å². The zero-order chi connectivity index (χ0) is 8.55. The predicted octanol–water partition coefficient (Wildman–Crippen LogP) is 1.62. The zero-order valence-corrected chi connectivity index (χ0v) is 8.50. The molecule has 2 heterocycles. The van der Waals surface area contributed by atoms with E-state index in [2.05, 4.69) is 37.8 Å². The maximum Gasteiger partial charge on any atom is 0.151 e. The van der Waals surface area contributed by atoms with Crippen LogP contribution in [-0.4, -0.2) is 23.6 Å². The van der Waals surface area contributed by atoms with E-state index in [-0.39, 0.29) is 0 Å². The van der Waals surface area contributed by atoms with Gasteiger partial charge in [-0.15, -0.1) is 0 Å². The van der Waals surface area contributed by atoms with Crippen molar-refractivity contribution in [2.45, 2.75) is 12.8 Å². The molecule has 0 saturated heterocycles. The van der Waals surface area contributed by atoms with Crippen LogP contribution in [0.15, 0.2) is 10.8 Å². The molecule has 0 unspecified atom stereocenters. The van der Waals surface area contributed by atoms with Crippen LogP contribution in [0.1, 0.15) is 12.1 Å². The number of halogens is 1. The summed E-state index contributed by atoms with van der Waals surface area (Å²) in [5.41, 5.74) is 1.12. The van der Waals surface area contributed by atoms with Gasteiger partial charge in [-0.1, -0.05) is 0 Å². The van der Waals surface area contributed by atoms with Crippen LogP contribution in [-0.2, 0) is 6.42 Å². The van der Waals surface area contributed by atoms with E-state index >= 15 is 0 Å². The maximum atomic E-state index is 4.37. The van der Waals surface area contributed by atoms with Gasteiger partial charge in [0.25, 0.3) is 0 Å². The van der Waals surface area contributed by atoms with E-state index in [0.29, 0.717) is 0 Å². The minimum atomic E-state index is 0.815. The van der Waals surface area contributed by atoms with Crippen molar-refractivity contribution >= 4 is 21.7 Å². The first-order valence-corrected chi connectivity index (χ1v) is 4.79. The van der Waals surface area contributed by atoms with Crippen LogP contribution in [0.25, 0.3) is 0 Å². The Balaban J connectivity index is 2.47. The molecule has 0 bridgehead atoms. The van der Waals surface area contributed by atoms with Crippen molar-refractivity contribution in [3.63, 3.8) is 0 Å². The smallest absolute Gasteiger partial charge is 0.151 e. The molecule has 0 aliphatic carbocycles. The summed E-state index contributed by atoms with van der Waals surface area (Å²) in [7, 11) is 2.05. The Morgan fingerprint density at radius 3 is 3.25 bits per heavy atom. The van der Waals surface area contributed by atoms with Crippen LogP contribution >= 0.6 is 15.9 Å². The van der Waals surface area contributed by atoms with Crippen molar-refractivity contribution in [1.82, 2.24) is 9.97 Å². The first kappa shape index (κ1) is 7.98. The molecular weight excluding hydrogens is 218 g/mol. The molecule has 1 aliphatic heterocycles. The second-order valence-corrected chi connectivity index (χ2v) is 3.80. The normalized spacial score (nSPS) is 16.0. The molecule has 0 atom stereocenters. The molecule has 0 spiro atoms. The minimum Gasteiger partial charge on any atom is -0.358 e. The Kier molecular flexibility index (Phi) is 2.00. The number of fused-ring (bicyclic) bond motifs is 1. The van der Waals surface area contributed by atoms with Crippen molar-refractivity contribution in [3.05, 3.63) is 16.5 Å². The first-order valence-electron chi connectivity index (χ1n) is 4.00. The van der Waals surface area contributed by atoms with Crippen molar-refractivity contribution in [2.75, 3.05) is 18.5 Å². The lowest BCUT2D eigenvalue weighted by molar-refractivity contribution is 0.707. The first-order chi connectivity index (χ1) is 5.77. The van der Waals surface area contributed by atoms with Crippen LogP contribution in [0, 0.1) is 0 Å². The molecule has 0 radical (unpaired) electrons. The number of aryl methyl sites for hydroxylation is 1. The van der Waals surface area contributed by atoms with Crippen LogP contribution in [0.5, 0.6) is 0 Å². The van der Waals surface area contributed by atoms with E-state index < -0.39 is 0 Å². The van der Waals surface area contributed by atoms with Gasteiger partial charge >= 0.3 is 0 Å². The maximum absolute atomic E-state index is 4.37. The monoisotopic (exact) mass is 227 g/mol. The fourth-order valence-corrected chi connectivity index (χ4v) is 1.73. The molecule has 1 aliphatic rings. The van der Waals surface area contributed by atoms with Gasteiger partial charge in [0, 0.05) is 13.6 Å². The fraction of sp³-hybridized carbons (Fsp3) is 0.500. The predicted molar refractivity (Wildman–Crippen MR) is 51.3 cm³/mol. The molecule has 1 aromatic rings. The molecule has 0 amide bonds. The van der Waals surface area contributed by atoms with Crippen LogP contribution in [0.3, 0.4) is 0 Å². The van der Waals surface area contributed by atoms with Crippen LogP contribution in [0.4, 0.5) is 5.82 Å². The SMILES string of the molecule is CN1CCCc2ncc(Br)nc21. The fourth-order valence-electron chi connectivity index (χ4n) is 1.46. The lowest BCUT2D eigenvalue weighted by atomic mass is 10.1. The Morgan fingerprint density at radius 2 is 2.42 bits per heavy atom. The lowest BCUT2D eigenvalue weighted by Gasteiger charge is -2.24. The second kappa shape index (κ2) is 3.01. The summed E-state index contributed by atoms with van der Waals surface area (Å²) >= 11 is 3.32. The van der Waals surface area contributed by atoms with Gasteiger partial charge in [0.2, 0.25) is 0 Å². The number of hydrogen-bond donors (Lipinski definition) is 0. The molecule has 0 fully saturated rings. The number of aromatic nitrogens is 2. The summed E-state index contributed by atoms with van der Waals surface area (Å²) in [6.45, 7) is 1.08. The number of anilines is 1. The Hall–Kier alpha value is -0.640. The molecule has 3 nitrogen and oxygen atoms in total. The zero-order valence-electron chi connectivity index (χ0n) is 6.92. The summed E-state index contributed by atoms with van der Waals surface area (Å²) in [5.74, 6) is 1.02. The minimum absolute atomic E-state index is 0.815. The Bertz CT molecular complexity index is 300. The molecule has 2 rings (SSSR count). The van der Waals surface area contributed by atoms with E-state index in [1.165, 1.54) is 6.42 Å². The highest BCUT2D eigenvalue weighted by molar-refractivity contribution is 9.10. The molecule has 0 N–H and O–H groups in total. The summed E-state index contributed by atoms with van der Waals surface area (Å²) in [6, 6.07) is 0. The molecule has 12 heavy (non-hydrogen) atoms. The molecule has 4 heteroatoms. The summed E-state index contributed by atoms with van der Waals surface area (Å²) in [5, 5.41) is 0. The van der Waals surface area contributed by atoms with Gasteiger partial charge in [-0.25, -0.2) is 4.98 Å². The average Bonchev–Trinajstić information content (AvgIpc) is 2.07. The summed E-state index contributed by atoms with van der Waals surface area (Å²) in [6.07, 6.45) is 4.00. The number of nitrogens with zero attached hydrogens (tertiary/aromatic N) is 3. The molecule has 64 valence electrons. The highest BCUT2D eigenvalue weighted by Crippen LogP contribution is 2.22. The highest BCUT2D eigenvalue weighted by atomic mass is 79.9. The molecule has 0 aromatic carbocycles. The largest absolute Gasteiger partial charge is 0.358 e. The third kappa shape index (κ3) is 1.31. The molecule has 1 aromatic heterocycles. The summed E-state index contributed by atoms with van der Waals surface area (Å²) < 4.78 is 0.815. The van der Waals surface area contributed by atoms with Crippen molar-refractivity contribution in [1.29, 1.82) is 0 Å². The Labute approximate surface area is 80.0 Å². The van der Waals surface area contributed by atoms with Gasteiger partial charge in [-0.2, -0.15) is 0 Å². The summed E-state index contributed by atoms with van der Waals surface area (Å²) in [4.78, 5) is 10.8. The number of rotatable bonds is 0. The van der Waals surface area contributed by atoms with Crippen molar-refractivity contribution in [3.8, 4) is 0 Å². The molecule has 0 saturated carbocycles. The van der Waals surface area contributed by atoms with Gasteiger partial charge in [-0.3, -0.25) is 4.98 Å². The third-order valence-electron chi connectivity index (χ3n) is 2.07. The molecular formula is C8H10BrN3. The Morgan fingerprint density at radius 1 is 1.58 bits per heavy atom. The third-order valence-corrected chi connectivity index (χ3v) is 2.45. The van der Waals surface area contributed by atoms with Crippen molar-refractivity contribution in [2.24, 2.45) is 0 Å². The van der Waals surface area contributed by atoms with Gasteiger partial charge in [0.1, 0.15) is 4.60 Å². The van der Waals surface area contributed by atoms with Crippen molar-refractivity contribution < 1.29 is 0 Å².